The number of aliphatic imine (C=N–C) groups is 1. The molecule has 0 fully saturated rings. The molecule has 0 atom stereocenters. The Balaban J connectivity index is 1.45. The smallest absolute Gasteiger partial charge is 0.140 e. The lowest BCUT2D eigenvalue weighted by Crippen LogP contribution is -2.03. The number of nitrogens with one attached hydrogen (secondary N) is 1. The summed E-state index contributed by atoms with van der Waals surface area (Å²) in [6.45, 7) is 0.959. The van der Waals surface area contributed by atoms with Crippen LogP contribution >= 0.6 is 0 Å². The topological polar surface area (TPSA) is 123 Å². The molecule has 0 saturated heterocycles. The number of benzene rings is 1. The highest BCUT2D eigenvalue weighted by atomic mass is 16.5. The van der Waals surface area contributed by atoms with Gasteiger partial charge in [-0.2, -0.15) is 0 Å². The Labute approximate surface area is 191 Å². The van der Waals surface area contributed by atoms with Crippen molar-refractivity contribution in [3.63, 3.8) is 0 Å². The van der Waals surface area contributed by atoms with Crippen molar-refractivity contribution in [2.75, 3.05) is 25.6 Å². The number of nitrogens with two attached hydrogens (primary N) is 1. The first-order valence-corrected chi connectivity index (χ1v) is 10.4. The Kier molecular flexibility index (Phi) is 6.91. The van der Waals surface area contributed by atoms with E-state index >= 15 is 0 Å². The maximum Gasteiger partial charge on any atom is 0.140 e. The van der Waals surface area contributed by atoms with Crippen LogP contribution in [0.15, 0.2) is 72.4 Å². The lowest BCUT2D eigenvalue weighted by atomic mass is 10.1. The first-order chi connectivity index (χ1) is 16.2. The first-order valence-electron chi connectivity index (χ1n) is 10.4. The summed E-state index contributed by atoms with van der Waals surface area (Å²) < 4.78 is 7.22. The van der Waals surface area contributed by atoms with Gasteiger partial charge in [0.1, 0.15) is 23.5 Å². The van der Waals surface area contributed by atoms with Crippen LogP contribution in [0, 0.1) is 0 Å². The molecule has 0 radical (unpaired) electrons. The maximum absolute atomic E-state index is 8.86. The van der Waals surface area contributed by atoms with Gasteiger partial charge in [0.25, 0.3) is 0 Å². The van der Waals surface area contributed by atoms with Crippen LogP contribution in [-0.4, -0.2) is 50.9 Å². The molecular formula is C24H25N7O2. The molecule has 0 bridgehead atoms. The van der Waals surface area contributed by atoms with Crippen LogP contribution in [0.2, 0.25) is 0 Å². The Morgan fingerprint density at radius 3 is 2.79 bits per heavy atom. The summed E-state index contributed by atoms with van der Waals surface area (Å²) >= 11 is 0. The fourth-order valence-electron chi connectivity index (χ4n) is 3.31. The summed E-state index contributed by atoms with van der Waals surface area (Å²) in [5.74, 6) is 1.47. The second-order valence-electron chi connectivity index (χ2n) is 7.16. The Hall–Kier alpha value is -4.24. The number of nitrogens with zero attached hydrogens (tertiary/aromatic N) is 5. The zero-order chi connectivity index (χ0) is 23.0. The molecule has 9 heteroatoms. The molecule has 0 aliphatic carbocycles. The Morgan fingerprint density at radius 2 is 2.03 bits per heavy atom. The average Bonchev–Trinajstić information content (AvgIpc) is 3.29. The zero-order valence-corrected chi connectivity index (χ0v) is 18.2. The van der Waals surface area contributed by atoms with E-state index in [2.05, 4.69) is 25.3 Å². The van der Waals surface area contributed by atoms with E-state index in [9.17, 15) is 0 Å². The monoisotopic (exact) mass is 443 g/mol. The van der Waals surface area contributed by atoms with Gasteiger partial charge in [-0.05, 0) is 17.2 Å². The molecular weight excluding hydrogens is 418 g/mol. The van der Waals surface area contributed by atoms with E-state index in [4.69, 9.17) is 15.6 Å². The van der Waals surface area contributed by atoms with E-state index in [0.29, 0.717) is 18.9 Å². The van der Waals surface area contributed by atoms with Gasteiger partial charge in [0.2, 0.25) is 0 Å². The van der Waals surface area contributed by atoms with Crippen LogP contribution in [0.25, 0.3) is 22.6 Å². The minimum Gasteiger partial charge on any atom is -0.497 e. The Morgan fingerprint density at radius 1 is 1.18 bits per heavy atom. The molecule has 4 aromatic rings. The van der Waals surface area contributed by atoms with Crippen molar-refractivity contribution in [2.45, 2.75) is 6.54 Å². The third kappa shape index (κ3) is 5.16. The number of aliphatic hydroxyl groups is 1. The number of anilines is 1. The molecule has 9 nitrogen and oxygen atoms in total. The van der Waals surface area contributed by atoms with Crippen LogP contribution < -0.4 is 15.8 Å². The highest BCUT2D eigenvalue weighted by Crippen LogP contribution is 2.23. The van der Waals surface area contributed by atoms with E-state index in [1.807, 2.05) is 53.1 Å². The number of aliphatic hydroxyl groups excluding tert-OH is 1. The number of aromatic nitrogens is 4. The SMILES string of the molecule is COc1ccn2c(-c3cc(NCc4ccc(C(C=NCCO)=CN)cc4)ncn3)cnc2c1. The van der Waals surface area contributed by atoms with Gasteiger partial charge in [-0.15, -0.1) is 0 Å². The maximum atomic E-state index is 8.86. The van der Waals surface area contributed by atoms with Gasteiger partial charge in [0, 0.05) is 42.9 Å². The van der Waals surface area contributed by atoms with Gasteiger partial charge in [-0.3, -0.25) is 9.39 Å². The van der Waals surface area contributed by atoms with E-state index < -0.39 is 0 Å². The summed E-state index contributed by atoms with van der Waals surface area (Å²) in [5, 5.41) is 12.2. The first kappa shape index (κ1) is 22.0. The second-order valence-corrected chi connectivity index (χ2v) is 7.16. The Bertz CT molecular complexity index is 1280. The standard InChI is InChI=1S/C24H25N7O2/c1-33-20-6-8-31-22(15-28-24(31)10-20)21-11-23(30-16-29-21)27-13-17-2-4-18(5-3-17)19(12-25)14-26-7-9-32/h2-6,8,10-12,14-16,32H,7,9,13,25H2,1H3,(H,27,29,30). The average molecular weight is 444 g/mol. The van der Waals surface area contributed by atoms with Crippen LogP contribution in [0.1, 0.15) is 11.1 Å². The number of ether oxygens (including phenoxy) is 1. The molecule has 33 heavy (non-hydrogen) atoms. The summed E-state index contributed by atoms with van der Waals surface area (Å²) in [6, 6.07) is 13.7. The van der Waals surface area contributed by atoms with Gasteiger partial charge in [0.05, 0.1) is 37.8 Å². The lowest BCUT2D eigenvalue weighted by molar-refractivity contribution is 0.307. The molecule has 0 spiro atoms. The number of rotatable bonds is 9. The van der Waals surface area contributed by atoms with Crippen molar-refractivity contribution >= 4 is 23.3 Å². The lowest BCUT2D eigenvalue weighted by Gasteiger charge is -2.09. The van der Waals surface area contributed by atoms with E-state index in [1.54, 1.807) is 19.5 Å². The summed E-state index contributed by atoms with van der Waals surface area (Å²) in [4.78, 5) is 17.3. The minimum absolute atomic E-state index is 0.00964. The number of hydrogen-bond acceptors (Lipinski definition) is 8. The molecule has 168 valence electrons. The van der Waals surface area contributed by atoms with Gasteiger partial charge in [0.15, 0.2) is 0 Å². The molecule has 4 rings (SSSR count). The molecule has 0 unspecified atom stereocenters. The molecule has 3 heterocycles. The van der Waals surface area contributed by atoms with Crippen molar-refractivity contribution < 1.29 is 9.84 Å². The van der Waals surface area contributed by atoms with Crippen molar-refractivity contribution in [3.05, 3.63) is 78.5 Å². The predicted octanol–water partition coefficient (Wildman–Crippen LogP) is 2.77. The third-order valence-corrected chi connectivity index (χ3v) is 5.05. The molecule has 0 saturated carbocycles. The van der Waals surface area contributed by atoms with Gasteiger partial charge in [-0.1, -0.05) is 24.3 Å². The zero-order valence-electron chi connectivity index (χ0n) is 18.2. The van der Waals surface area contributed by atoms with Gasteiger partial charge >= 0.3 is 0 Å². The van der Waals surface area contributed by atoms with Crippen LogP contribution in [-0.2, 0) is 6.54 Å². The fraction of sp³-hybridized carbons (Fsp3) is 0.167. The quantitative estimate of drug-likeness (QED) is 0.340. The molecule has 4 N–H and O–H groups in total. The number of imidazole rings is 1. The molecule has 3 aromatic heterocycles. The number of pyridine rings is 1. The summed E-state index contributed by atoms with van der Waals surface area (Å²) in [7, 11) is 1.63. The highest BCUT2D eigenvalue weighted by Gasteiger charge is 2.09. The molecule has 0 amide bonds. The van der Waals surface area contributed by atoms with E-state index in [1.165, 1.54) is 12.5 Å². The fourth-order valence-corrected chi connectivity index (χ4v) is 3.31. The number of fused-ring (bicyclic) bond motifs is 1. The van der Waals surface area contributed by atoms with E-state index in [0.717, 1.165) is 39.5 Å². The van der Waals surface area contributed by atoms with Gasteiger partial charge in [-0.25, -0.2) is 15.0 Å². The predicted molar refractivity (Wildman–Crippen MR) is 129 cm³/mol. The molecule has 1 aromatic carbocycles. The minimum atomic E-state index is 0.00964. The summed E-state index contributed by atoms with van der Waals surface area (Å²) in [6.07, 6.45) is 8.40. The number of methoxy groups -OCH3 is 1. The van der Waals surface area contributed by atoms with Crippen molar-refractivity contribution in [2.24, 2.45) is 10.7 Å². The largest absolute Gasteiger partial charge is 0.497 e. The highest BCUT2D eigenvalue weighted by molar-refractivity contribution is 6.09. The molecule has 0 aliphatic heterocycles. The van der Waals surface area contributed by atoms with Crippen molar-refractivity contribution in [1.29, 1.82) is 0 Å². The summed E-state index contributed by atoms with van der Waals surface area (Å²) in [5.41, 5.74) is 11.0. The number of allylic oxidation sites excluding steroid dienone is 1. The number of hydrogen-bond donors (Lipinski definition) is 3. The third-order valence-electron chi connectivity index (χ3n) is 5.05. The van der Waals surface area contributed by atoms with E-state index in [-0.39, 0.29) is 6.61 Å². The van der Waals surface area contributed by atoms with Crippen molar-refractivity contribution in [1.82, 2.24) is 19.4 Å². The van der Waals surface area contributed by atoms with Crippen LogP contribution in [0.4, 0.5) is 5.82 Å². The second kappa shape index (κ2) is 10.4. The van der Waals surface area contributed by atoms with Crippen LogP contribution in [0.3, 0.4) is 0 Å². The van der Waals surface area contributed by atoms with Crippen molar-refractivity contribution in [3.8, 4) is 17.1 Å². The van der Waals surface area contributed by atoms with Gasteiger partial charge < -0.3 is 20.9 Å². The molecule has 0 aliphatic rings. The van der Waals surface area contributed by atoms with Crippen LogP contribution in [0.5, 0.6) is 5.75 Å². The normalized spacial score (nSPS) is 11.9.